The summed E-state index contributed by atoms with van der Waals surface area (Å²) in [5.74, 6) is 0.198. The van der Waals surface area contributed by atoms with Gasteiger partial charge in [0.2, 0.25) is 0 Å². The number of ketones is 2. The lowest BCUT2D eigenvalue weighted by Crippen LogP contribution is -2.12. The summed E-state index contributed by atoms with van der Waals surface area (Å²) in [4.78, 5) is 22.2. The fraction of sp³-hybridized carbons (Fsp3) is 0.200. The molecule has 2 nitrogen and oxygen atoms in total. The van der Waals surface area contributed by atoms with Crippen LogP contribution in [0.2, 0.25) is 0 Å². The van der Waals surface area contributed by atoms with E-state index < -0.39 is 0 Å². The zero-order chi connectivity index (χ0) is 8.55. The summed E-state index contributed by atoms with van der Waals surface area (Å²) >= 11 is 0. The molecule has 2 rings (SSSR count). The Morgan fingerprint density at radius 2 is 1.92 bits per heavy atom. The van der Waals surface area contributed by atoms with E-state index in [1.54, 1.807) is 6.08 Å². The third-order valence-electron chi connectivity index (χ3n) is 2.07. The summed E-state index contributed by atoms with van der Waals surface area (Å²) in [6.07, 6.45) is 7.65. The number of hydrogen-bond acceptors (Lipinski definition) is 2. The predicted octanol–water partition coefficient (Wildman–Crippen LogP) is 1.34. The van der Waals surface area contributed by atoms with Gasteiger partial charge >= 0.3 is 0 Å². The van der Waals surface area contributed by atoms with E-state index in [0.717, 1.165) is 11.1 Å². The van der Waals surface area contributed by atoms with E-state index >= 15 is 0 Å². The smallest absolute Gasteiger partial charge is 0.166 e. The summed E-state index contributed by atoms with van der Waals surface area (Å²) in [5.41, 5.74) is 1.59. The summed E-state index contributed by atoms with van der Waals surface area (Å²) in [6, 6.07) is 0. The summed E-state index contributed by atoms with van der Waals surface area (Å²) in [6.45, 7) is 0. The van der Waals surface area contributed by atoms with Crippen LogP contribution in [0.1, 0.15) is 12.8 Å². The molecular formula is C10H8O2. The van der Waals surface area contributed by atoms with Crippen LogP contribution in [0.25, 0.3) is 0 Å². The van der Waals surface area contributed by atoms with Crippen molar-refractivity contribution in [1.82, 2.24) is 0 Å². The highest BCUT2D eigenvalue weighted by molar-refractivity contribution is 6.06. The number of Topliss-reactive ketones (excluding diaryl/α,β-unsaturated/α-hetero) is 1. The van der Waals surface area contributed by atoms with Gasteiger partial charge in [-0.25, -0.2) is 0 Å². The van der Waals surface area contributed by atoms with E-state index in [2.05, 4.69) is 0 Å². The maximum absolute atomic E-state index is 11.3. The Labute approximate surface area is 70.3 Å². The molecule has 0 atom stereocenters. The molecule has 0 fully saturated rings. The van der Waals surface area contributed by atoms with Crippen molar-refractivity contribution in [3.8, 4) is 0 Å². The van der Waals surface area contributed by atoms with Gasteiger partial charge in [-0.3, -0.25) is 9.59 Å². The highest BCUT2D eigenvalue weighted by Crippen LogP contribution is 2.23. The first kappa shape index (κ1) is 7.22. The molecule has 0 radical (unpaired) electrons. The molecule has 0 spiro atoms. The number of carbonyl (C=O) groups is 2. The second-order valence-electron chi connectivity index (χ2n) is 2.95. The van der Waals surface area contributed by atoms with Crippen LogP contribution in [0, 0.1) is 0 Å². The fourth-order valence-corrected chi connectivity index (χ4v) is 1.46. The van der Waals surface area contributed by atoms with Crippen molar-refractivity contribution in [3.05, 3.63) is 35.5 Å². The molecule has 0 saturated heterocycles. The van der Waals surface area contributed by atoms with Crippen LogP contribution in [0.15, 0.2) is 35.5 Å². The zero-order valence-electron chi connectivity index (χ0n) is 6.54. The Balaban J connectivity index is 2.44. The molecule has 2 aliphatic carbocycles. The molecule has 0 bridgehead atoms. The third kappa shape index (κ3) is 1.05. The first-order chi connectivity index (χ1) is 5.77. The molecular weight excluding hydrogens is 152 g/mol. The van der Waals surface area contributed by atoms with Crippen LogP contribution in [-0.2, 0) is 9.59 Å². The highest BCUT2D eigenvalue weighted by Gasteiger charge is 2.18. The average Bonchev–Trinajstić information content (AvgIpc) is 2.04. The van der Waals surface area contributed by atoms with Gasteiger partial charge in [-0.05, 0) is 17.7 Å². The van der Waals surface area contributed by atoms with E-state index in [4.69, 9.17) is 0 Å². The van der Waals surface area contributed by atoms with Gasteiger partial charge in [0.1, 0.15) is 0 Å². The topological polar surface area (TPSA) is 34.1 Å². The van der Waals surface area contributed by atoms with Gasteiger partial charge < -0.3 is 0 Å². The van der Waals surface area contributed by atoms with Crippen molar-refractivity contribution in [2.75, 3.05) is 0 Å². The molecule has 0 aromatic carbocycles. The lowest BCUT2D eigenvalue weighted by molar-refractivity contribution is -0.114. The SMILES string of the molecule is O=C1C=CC2=C(C=CCC2=O)C1. The van der Waals surface area contributed by atoms with E-state index in [1.807, 2.05) is 12.2 Å². The molecule has 0 N–H and O–H groups in total. The van der Waals surface area contributed by atoms with E-state index in [1.165, 1.54) is 6.08 Å². The van der Waals surface area contributed by atoms with Gasteiger partial charge in [0.05, 0.1) is 0 Å². The van der Waals surface area contributed by atoms with Crippen LogP contribution in [0.4, 0.5) is 0 Å². The quantitative estimate of drug-likeness (QED) is 0.536. The molecule has 2 aliphatic rings. The van der Waals surface area contributed by atoms with Gasteiger partial charge in [0.15, 0.2) is 11.6 Å². The monoisotopic (exact) mass is 160 g/mol. The van der Waals surface area contributed by atoms with Gasteiger partial charge in [-0.15, -0.1) is 0 Å². The van der Waals surface area contributed by atoms with Gasteiger partial charge in [-0.2, -0.15) is 0 Å². The van der Waals surface area contributed by atoms with E-state index in [9.17, 15) is 9.59 Å². The molecule has 2 heteroatoms. The molecule has 0 unspecified atom stereocenters. The first-order valence-corrected chi connectivity index (χ1v) is 3.91. The predicted molar refractivity (Wildman–Crippen MR) is 44.6 cm³/mol. The highest BCUT2D eigenvalue weighted by atomic mass is 16.1. The molecule has 12 heavy (non-hydrogen) atoms. The third-order valence-corrected chi connectivity index (χ3v) is 2.07. The largest absolute Gasteiger partial charge is 0.294 e. The minimum absolute atomic E-state index is 0.0769. The van der Waals surface area contributed by atoms with Gasteiger partial charge in [-0.1, -0.05) is 12.2 Å². The molecule has 0 saturated carbocycles. The maximum atomic E-state index is 11.3. The standard InChI is InChI=1S/C10H8O2/c11-8-4-5-9-7(6-8)2-1-3-10(9)12/h1-2,4-5H,3,6H2. The van der Waals surface area contributed by atoms with Crippen molar-refractivity contribution in [3.63, 3.8) is 0 Å². The molecule has 0 aliphatic heterocycles. The van der Waals surface area contributed by atoms with E-state index in [-0.39, 0.29) is 11.6 Å². The minimum Gasteiger partial charge on any atom is -0.294 e. The van der Waals surface area contributed by atoms with Crippen LogP contribution in [0.3, 0.4) is 0 Å². The Bertz CT molecular complexity index is 343. The first-order valence-electron chi connectivity index (χ1n) is 3.91. The molecule has 0 aromatic heterocycles. The normalized spacial score (nSPS) is 21.7. The van der Waals surface area contributed by atoms with Crippen LogP contribution >= 0.6 is 0 Å². The summed E-state index contributed by atoms with van der Waals surface area (Å²) in [5, 5.41) is 0. The van der Waals surface area contributed by atoms with E-state index in [0.29, 0.717) is 12.8 Å². The number of allylic oxidation sites excluding steroid dienone is 6. The number of hydrogen-bond donors (Lipinski definition) is 0. The Kier molecular flexibility index (Phi) is 1.54. The van der Waals surface area contributed by atoms with Crippen molar-refractivity contribution >= 4 is 11.6 Å². The van der Waals surface area contributed by atoms with Crippen LogP contribution in [-0.4, -0.2) is 11.6 Å². The second kappa shape index (κ2) is 2.55. The Hall–Kier alpha value is -1.44. The van der Waals surface area contributed by atoms with Crippen LogP contribution < -0.4 is 0 Å². The van der Waals surface area contributed by atoms with Crippen molar-refractivity contribution in [1.29, 1.82) is 0 Å². The van der Waals surface area contributed by atoms with Crippen LogP contribution in [0.5, 0.6) is 0 Å². The van der Waals surface area contributed by atoms with Crippen molar-refractivity contribution in [2.45, 2.75) is 12.8 Å². The Morgan fingerprint density at radius 3 is 2.75 bits per heavy atom. The molecule has 0 aromatic rings. The summed E-state index contributed by atoms with van der Waals surface area (Å²) < 4.78 is 0. The average molecular weight is 160 g/mol. The van der Waals surface area contributed by atoms with Crippen molar-refractivity contribution < 1.29 is 9.59 Å². The fourth-order valence-electron chi connectivity index (χ4n) is 1.46. The van der Waals surface area contributed by atoms with Gasteiger partial charge in [0, 0.05) is 18.4 Å². The molecule has 60 valence electrons. The zero-order valence-corrected chi connectivity index (χ0v) is 6.54. The molecule has 0 amide bonds. The number of carbonyl (C=O) groups excluding carboxylic acids is 2. The lowest BCUT2D eigenvalue weighted by atomic mass is 9.89. The summed E-state index contributed by atoms with van der Waals surface area (Å²) in [7, 11) is 0. The number of rotatable bonds is 0. The Morgan fingerprint density at radius 1 is 1.08 bits per heavy atom. The minimum atomic E-state index is 0.0769. The maximum Gasteiger partial charge on any atom is 0.166 e. The molecule has 0 heterocycles. The lowest BCUT2D eigenvalue weighted by Gasteiger charge is -2.13. The van der Waals surface area contributed by atoms with Gasteiger partial charge in [0.25, 0.3) is 0 Å². The second-order valence-corrected chi connectivity index (χ2v) is 2.95. The van der Waals surface area contributed by atoms with Crippen molar-refractivity contribution in [2.24, 2.45) is 0 Å².